The lowest BCUT2D eigenvalue weighted by atomic mass is 9.89. The predicted molar refractivity (Wildman–Crippen MR) is 62.5 cm³/mol. The van der Waals surface area contributed by atoms with E-state index in [9.17, 15) is 4.79 Å². The van der Waals surface area contributed by atoms with Crippen LogP contribution in [-0.4, -0.2) is 47.8 Å². The molecule has 4 nitrogen and oxygen atoms in total. The minimum atomic E-state index is -0.721. The standard InChI is InChI=1S/C12H23NO3/c1-9-7-13(8-10(2)16-9)6-5-12(3,4)11(14)15/h9-10H,5-8H2,1-4H3,(H,14,15). The van der Waals surface area contributed by atoms with E-state index in [1.54, 1.807) is 13.8 Å². The molecule has 0 aromatic carbocycles. The highest BCUT2D eigenvalue weighted by Crippen LogP contribution is 2.22. The fraction of sp³-hybridized carbons (Fsp3) is 0.917. The van der Waals surface area contributed by atoms with Crippen LogP contribution in [0, 0.1) is 5.41 Å². The van der Waals surface area contributed by atoms with Crippen LogP contribution in [0.4, 0.5) is 0 Å². The Morgan fingerprint density at radius 2 is 1.88 bits per heavy atom. The van der Waals surface area contributed by atoms with Crippen molar-refractivity contribution in [3.05, 3.63) is 0 Å². The molecular formula is C12H23NO3. The molecule has 0 aromatic heterocycles. The molecule has 1 aliphatic rings. The molecule has 1 rings (SSSR count). The van der Waals surface area contributed by atoms with E-state index in [0.717, 1.165) is 19.6 Å². The molecular weight excluding hydrogens is 206 g/mol. The van der Waals surface area contributed by atoms with Crippen molar-refractivity contribution in [1.82, 2.24) is 4.90 Å². The lowest BCUT2D eigenvalue weighted by Gasteiger charge is -2.36. The van der Waals surface area contributed by atoms with E-state index in [2.05, 4.69) is 18.7 Å². The van der Waals surface area contributed by atoms with Crippen molar-refractivity contribution in [3.63, 3.8) is 0 Å². The monoisotopic (exact) mass is 229 g/mol. The summed E-state index contributed by atoms with van der Waals surface area (Å²) in [7, 11) is 0. The van der Waals surface area contributed by atoms with Gasteiger partial charge in [0.25, 0.3) is 0 Å². The van der Waals surface area contributed by atoms with Crippen LogP contribution in [0.25, 0.3) is 0 Å². The Bertz CT molecular complexity index is 243. The van der Waals surface area contributed by atoms with E-state index >= 15 is 0 Å². The average molecular weight is 229 g/mol. The second kappa shape index (κ2) is 5.15. The van der Waals surface area contributed by atoms with Gasteiger partial charge in [0.1, 0.15) is 0 Å². The minimum Gasteiger partial charge on any atom is -0.481 e. The number of aliphatic carboxylic acids is 1. The molecule has 1 heterocycles. The number of morpholine rings is 1. The lowest BCUT2D eigenvalue weighted by molar-refractivity contribution is -0.147. The third kappa shape index (κ3) is 3.76. The number of nitrogens with zero attached hydrogens (tertiary/aromatic N) is 1. The Morgan fingerprint density at radius 3 is 2.31 bits per heavy atom. The van der Waals surface area contributed by atoms with Gasteiger partial charge in [-0.05, 0) is 40.7 Å². The van der Waals surface area contributed by atoms with Crippen LogP contribution in [-0.2, 0) is 9.53 Å². The SMILES string of the molecule is CC1CN(CCC(C)(C)C(=O)O)CC(C)O1. The number of hydrogen-bond acceptors (Lipinski definition) is 3. The first-order chi connectivity index (χ1) is 7.31. The van der Waals surface area contributed by atoms with Gasteiger partial charge in [-0.15, -0.1) is 0 Å². The highest BCUT2D eigenvalue weighted by atomic mass is 16.5. The molecule has 4 heteroatoms. The summed E-state index contributed by atoms with van der Waals surface area (Å²) in [6.45, 7) is 10.3. The van der Waals surface area contributed by atoms with Gasteiger partial charge < -0.3 is 9.84 Å². The number of carbonyl (C=O) groups is 1. The predicted octanol–water partition coefficient (Wildman–Crippen LogP) is 1.60. The molecule has 0 aromatic rings. The van der Waals surface area contributed by atoms with Crippen LogP contribution in [0.2, 0.25) is 0 Å². The lowest BCUT2D eigenvalue weighted by Crippen LogP contribution is -2.46. The zero-order valence-corrected chi connectivity index (χ0v) is 10.7. The fourth-order valence-corrected chi connectivity index (χ4v) is 2.01. The molecule has 0 saturated carbocycles. The first-order valence-corrected chi connectivity index (χ1v) is 5.92. The summed E-state index contributed by atoms with van der Waals surface area (Å²) in [5.74, 6) is -0.721. The van der Waals surface area contributed by atoms with Crippen molar-refractivity contribution in [3.8, 4) is 0 Å². The van der Waals surface area contributed by atoms with Crippen molar-refractivity contribution in [2.24, 2.45) is 5.41 Å². The van der Waals surface area contributed by atoms with Gasteiger partial charge in [-0.3, -0.25) is 9.69 Å². The molecule has 0 amide bonds. The average Bonchev–Trinajstić information content (AvgIpc) is 2.13. The highest BCUT2D eigenvalue weighted by molar-refractivity contribution is 5.73. The Labute approximate surface area is 97.6 Å². The maximum Gasteiger partial charge on any atom is 0.309 e. The van der Waals surface area contributed by atoms with Crippen LogP contribution in [0.1, 0.15) is 34.1 Å². The molecule has 0 aliphatic carbocycles. The van der Waals surface area contributed by atoms with Gasteiger partial charge in [0.05, 0.1) is 17.6 Å². The summed E-state index contributed by atoms with van der Waals surface area (Å²) < 4.78 is 5.64. The van der Waals surface area contributed by atoms with E-state index in [-0.39, 0.29) is 12.2 Å². The van der Waals surface area contributed by atoms with Crippen LogP contribution in [0.3, 0.4) is 0 Å². The molecule has 16 heavy (non-hydrogen) atoms. The van der Waals surface area contributed by atoms with Crippen molar-refractivity contribution in [2.75, 3.05) is 19.6 Å². The Balaban J connectivity index is 2.40. The number of rotatable bonds is 4. The summed E-state index contributed by atoms with van der Waals surface area (Å²) in [6, 6.07) is 0. The minimum absolute atomic E-state index is 0.247. The maximum atomic E-state index is 11.0. The van der Waals surface area contributed by atoms with Crippen LogP contribution >= 0.6 is 0 Å². The zero-order valence-electron chi connectivity index (χ0n) is 10.7. The quantitative estimate of drug-likeness (QED) is 0.795. The van der Waals surface area contributed by atoms with Crippen molar-refractivity contribution >= 4 is 5.97 Å². The van der Waals surface area contributed by atoms with Crippen molar-refractivity contribution in [2.45, 2.75) is 46.3 Å². The molecule has 0 spiro atoms. The molecule has 2 unspecified atom stereocenters. The highest BCUT2D eigenvalue weighted by Gasteiger charge is 2.29. The summed E-state index contributed by atoms with van der Waals surface area (Å²) >= 11 is 0. The van der Waals surface area contributed by atoms with E-state index in [4.69, 9.17) is 9.84 Å². The van der Waals surface area contributed by atoms with E-state index in [1.165, 1.54) is 0 Å². The summed E-state index contributed by atoms with van der Waals surface area (Å²) in [4.78, 5) is 13.3. The first-order valence-electron chi connectivity index (χ1n) is 5.92. The smallest absolute Gasteiger partial charge is 0.309 e. The van der Waals surface area contributed by atoms with E-state index in [0.29, 0.717) is 6.42 Å². The third-order valence-corrected chi connectivity index (χ3v) is 3.13. The number of carboxylic acid groups (broad SMARTS) is 1. The molecule has 1 fully saturated rings. The molecule has 94 valence electrons. The van der Waals surface area contributed by atoms with Gasteiger partial charge in [-0.25, -0.2) is 0 Å². The number of hydrogen-bond donors (Lipinski definition) is 1. The Hall–Kier alpha value is -0.610. The van der Waals surface area contributed by atoms with Crippen LogP contribution in [0.15, 0.2) is 0 Å². The molecule has 1 N–H and O–H groups in total. The van der Waals surface area contributed by atoms with Gasteiger partial charge >= 0.3 is 5.97 Å². The second-order valence-electron chi connectivity index (χ2n) is 5.46. The summed E-state index contributed by atoms with van der Waals surface area (Å²) in [5.41, 5.74) is -0.634. The largest absolute Gasteiger partial charge is 0.481 e. The van der Waals surface area contributed by atoms with E-state index in [1.807, 2.05) is 0 Å². The molecule has 1 saturated heterocycles. The summed E-state index contributed by atoms with van der Waals surface area (Å²) in [5, 5.41) is 9.03. The van der Waals surface area contributed by atoms with Gasteiger partial charge in [0, 0.05) is 13.1 Å². The molecule has 0 bridgehead atoms. The van der Waals surface area contributed by atoms with Crippen LogP contribution in [0.5, 0.6) is 0 Å². The molecule has 1 aliphatic heterocycles. The number of ether oxygens (including phenoxy) is 1. The van der Waals surface area contributed by atoms with Gasteiger partial charge in [-0.1, -0.05) is 0 Å². The van der Waals surface area contributed by atoms with Crippen molar-refractivity contribution < 1.29 is 14.6 Å². The first kappa shape index (κ1) is 13.5. The summed E-state index contributed by atoms with van der Waals surface area (Å²) in [6.07, 6.45) is 1.18. The Morgan fingerprint density at radius 1 is 1.38 bits per heavy atom. The Kier molecular flexibility index (Phi) is 4.33. The van der Waals surface area contributed by atoms with E-state index < -0.39 is 11.4 Å². The van der Waals surface area contributed by atoms with Gasteiger partial charge in [0.15, 0.2) is 0 Å². The second-order valence-corrected chi connectivity index (χ2v) is 5.46. The van der Waals surface area contributed by atoms with Crippen LogP contribution < -0.4 is 0 Å². The molecule has 2 atom stereocenters. The molecule has 0 radical (unpaired) electrons. The van der Waals surface area contributed by atoms with Gasteiger partial charge in [-0.2, -0.15) is 0 Å². The normalized spacial score (nSPS) is 28.0. The maximum absolute atomic E-state index is 11.0. The fourth-order valence-electron chi connectivity index (χ4n) is 2.01. The van der Waals surface area contributed by atoms with Gasteiger partial charge in [0.2, 0.25) is 0 Å². The zero-order chi connectivity index (χ0) is 12.3. The third-order valence-electron chi connectivity index (χ3n) is 3.13. The number of carboxylic acids is 1. The topological polar surface area (TPSA) is 49.8 Å². The van der Waals surface area contributed by atoms with Crippen molar-refractivity contribution in [1.29, 1.82) is 0 Å².